The molecule has 3 rings (SSSR count). The Labute approximate surface area is 153 Å². The summed E-state index contributed by atoms with van der Waals surface area (Å²) in [5.74, 6) is 2.35. The van der Waals surface area contributed by atoms with Crippen LogP contribution in [-0.4, -0.2) is 28.0 Å². The highest BCUT2D eigenvalue weighted by atomic mass is 16.5. The zero-order valence-corrected chi connectivity index (χ0v) is 15.3. The fourth-order valence-electron chi connectivity index (χ4n) is 2.68. The molecule has 0 saturated carbocycles. The summed E-state index contributed by atoms with van der Waals surface area (Å²) in [6.45, 7) is 5.40. The van der Waals surface area contributed by atoms with Crippen LogP contribution in [0.3, 0.4) is 0 Å². The lowest BCUT2D eigenvalue weighted by molar-refractivity contribution is 0.230. The van der Waals surface area contributed by atoms with Gasteiger partial charge in [0.1, 0.15) is 0 Å². The van der Waals surface area contributed by atoms with E-state index < -0.39 is 0 Å². The molecule has 0 bridgehead atoms. The number of hydrogen-bond acceptors (Lipinski definition) is 5. The minimum absolute atomic E-state index is 0.110. The second-order valence-corrected chi connectivity index (χ2v) is 6.19. The van der Waals surface area contributed by atoms with Crippen molar-refractivity contribution in [1.29, 1.82) is 0 Å². The van der Waals surface area contributed by atoms with Crippen LogP contribution < -0.4 is 14.8 Å². The molecule has 0 aliphatic carbocycles. The summed E-state index contributed by atoms with van der Waals surface area (Å²) in [5, 5.41) is 7.72. The predicted molar refractivity (Wildman–Crippen MR) is 101 cm³/mol. The Morgan fingerprint density at radius 2 is 1.96 bits per heavy atom. The van der Waals surface area contributed by atoms with Crippen molar-refractivity contribution in [3.8, 4) is 17.3 Å². The molecule has 6 nitrogen and oxygen atoms in total. The maximum atomic E-state index is 5.76. The topological polar surface area (TPSA) is 61.2 Å². The average Bonchev–Trinajstić information content (AvgIpc) is 3.17. The largest absolute Gasteiger partial charge is 0.493 e. The van der Waals surface area contributed by atoms with Gasteiger partial charge in [0.05, 0.1) is 13.2 Å². The van der Waals surface area contributed by atoms with E-state index in [0.29, 0.717) is 13.1 Å². The molecule has 136 valence electrons. The quantitative estimate of drug-likeness (QED) is 0.674. The fourth-order valence-corrected chi connectivity index (χ4v) is 2.68. The van der Waals surface area contributed by atoms with E-state index in [1.165, 1.54) is 0 Å². The van der Waals surface area contributed by atoms with Crippen LogP contribution in [0, 0.1) is 0 Å². The molecule has 0 aliphatic rings. The average molecular weight is 352 g/mol. The van der Waals surface area contributed by atoms with Gasteiger partial charge in [-0.1, -0.05) is 12.1 Å². The lowest BCUT2D eigenvalue weighted by Gasteiger charge is -2.15. The van der Waals surface area contributed by atoms with E-state index in [1.807, 2.05) is 50.4 Å². The third-order valence-corrected chi connectivity index (χ3v) is 3.82. The first-order chi connectivity index (χ1) is 12.7. The first-order valence-corrected chi connectivity index (χ1v) is 8.65. The Morgan fingerprint density at radius 3 is 2.69 bits per heavy atom. The summed E-state index contributed by atoms with van der Waals surface area (Å²) in [6, 6.07) is 11.9. The normalized spacial score (nSPS) is 10.9. The summed E-state index contributed by atoms with van der Waals surface area (Å²) in [6.07, 6.45) is 5.53. The summed E-state index contributed by atoms with van der Waals surface area (Å²) in [4.78, 5) is 4.44. The molecule has 26 heavy (non-hydrogen) atoms. The van der Waals surface area contributed by atoms with Gasteiger partial charge < -0.3 is 14.8 Å². The molecular formula is C20H24N4O2. The highest BCUT2D eigenvalue weighted by molar-refractivity contribution is 5.43. The summed E-state index contributed by atoms with van der Waals surface area (Å²) in [5.41, 5.74) is 2.21. The van der Waals surface area contributed by atoms with Crippen LogP contribution in [0.2, 0.25) is 0 Å². The van der Waals surface area contributed by atoms with Gasteiger partial charge in [0.2, 0.25) is 0 Å². The number of aromatic nitrogens is 3. The van der Waals surface area contributed by atoms with Gasteiger partial charge in [-0.3, -0.25) is 0 Å². The number of nitrogens with zero attached hydrogens (tertiary/aromatic N) is 3. The van der Waals surface area contributed by atoms with Crippen LogP contribution in [0.1, 0.15) is 25.0 Å². The standard InChI is InChI=1S/C20H24N4O2/c1-15(2)26-18-8-7-16(12-19(18)25-3)13-21-14-17-6-4-9-22-20(17)24-11-5-10-23-24/h4-12,15,21H,13-14H2,1-3H3. The smallest absolute Gasteiger partial charge is 0.161 e. The van der Waals surface area contributed by atoms with Crippen molar-refractivity contribution >= 4 is 0 Å². The molecule has 1 N–H and O–H groups in total. The Morgan fingerprint density at radius 1 is 1.08 bits per heavy atom. The molecule has 0 fully saturated rings. The molecule has 3 aromatic rings. The van der Waals surface area contributed by atoms with Crippen molar-refractivity contribution < 1.29 is 9.47 Å². The van der Waals surface area contributed by atoms with E-state index in [2.05, 4.69) is 21.5 Å². The third-order valence-electron chi connectivity index (χ3n) is 3.82. The van der Waals surface area contributed by atoms with Crippen LogP contribution in [0.4, 0.5) is 0 Å². The number of ether oxygens (including phenoxy) is 2. The second kappa shape index (κ2) is 8.49. The van der Waals surface area contributed by atoms with Crippen molar-refractivity contribution in [2.24, 2.45) is 0 Å². The Kier molecular flexibility index (Phi) is 5.86. The van der Waals surface area contributed by atoms with E-state index in [0.717, 1.165) is 28.4 Å². The highest BCUT2D eigenvalue weighted by Gasteiger charge is 2.09. The first-order valence-electron chi connectivity index (χ1n) is 8.65. The number of nitrogens with one attached hydrogen (secondary N) is 1. The number of pyridine rings is 1. The van der Waals surface area contributed by atoms with Gasteiger partial charge in [-0.15, -0.1) is 0 Å². The number of hydrogen-bond donors (Lipinski definition) is 1. The molecule has 0 spiro atoms. The van der Waals surface area contributed by atoms with Crippen LogP contribution >= 0.6 is 0 Å². The van der Waals surface area contributed by atoms with E-state index >= 15 is 0 Å². The van der Waals surface area contributed by atoms with Gasteiger partial charge in [-0.05, 0) is 43.7 Å². The van der Waals surface area contributed by atoms with E-state index in [1.54, 1.807) is 24.2 Å². The molecule has 0 atom stereocenters. The van der Waals surface area contributed by atoms with E-state index in [4.69, 9.17) is 9.47 Å². The minimum Gasteiger partial charge on any atom is -0.493 e. The summed E-state index contributed by atoms with van der Waals surface area (Å²) >= 11 is 0. The molecule has 0 amide bonds. The summed E-state index contributed by atoms with van der Waals surface area (Å²) in [7, 11) is 1.66. The fraction of sp³-hybridized carbons (Fsp3) is 0.300. The molecule has 0 saturated heterocycles. The van der Waals surface area contributed by atoms with Gasteiger partial charge in [0.25, 0.3) is 0 Å². The molecule has 1 aromatic carbocycles. The van der Waals surface area contributed by atoms with Crippen molar-refractivity contribution in [2.45, 2.75) is 33.0 Å². The molecule has 0 aliphatic heterocycles. The predicted octanol–water partition coefficient (Wildman–Crippen LogP) is 3.35. The number of rotatable bonds is 8. The van der Waals surface area contributed by atoms with Gasteiger partial charge >= 0.3 is 0 Å². The van der Waals surface area contributed by atoms with Crippen LogP contribution in [0.25, 0.3) is 5.82 Å². The van der Waals surface area contributed by atoms with Crippen LogP contribution in [0.5, 0.6) is 11.5 Å². The molecular weight excluding hydrogens is 328 g/mol. The molecule has 6 heteroatoms. The first kappa shape index (κ1) is 17.9. The van der Waals surface area contributed by atoms with Gasteiger partial charge in [-0.2, -0.15) is 5.10 Å². The monoisotopic (exact) mass is 352 g/mol. The van der Waals surface area contributed by atoms with Crippen molar-refractivity contribution in [3.63, 3.8) is 0 Å². The van der Waals surface area contributed by atoms with Gasteiger partial charge in [0.15, 0.2) is 17.3 Å². The number of methoxy groups -OCH3 is 1. The van der Waals surface area contributed by atoms with Gasteiger partial charge in [0, 0.05) is 37.2 Å². The van der Waals surface area contributed by atoms with Gasteiger partial charge in [-0.25, -0.2) is 9.67 Å². The van der Waals surface area contributed by atoms with E-state index in [-0.39, 0.29) is 6.10 Å². The van der Waals surface area contributed by atoms with Crippen molar-refractivity contribution in [1.82, 2.24) is 20.1 Å². The molecule has 2 heterocycles. The zero-order valence-electron chi connectivity index (χ0n) is 15.3. The molecule has 0 radical (unpaired) electrons. The van der Waals surface area contributed by atoms with Crippen molar-refractivity contribution in [2.75, 3.05) is 7.11 Å². The maximum absolute atomic E-state index is 5.76. The lowest BCUT2D eigenvalue weighted by atomic mass is 10.2. The lowest BCUT2D eigenvalue weighted by Crippen LogP contribution is -2.15. The van der Waals surface area contributed by atoms with Crippen molar-refractivity contribution in [3.05, 3.63) is 66.1 Å². The number of benzene rings is 1. The van der Waals surface area contributed by atoms with E-state index in [9.17, 15) is 0 Å². The zero-order chi connectivity index (χ0) is 18.4. The van der Waals surface area contributed by atoms with Crippen LogP contribution in [0.15, 0.2) is 55.0 Å². The molecule has 2 aromatic heterocycles. The third kappa shape index (κ3) is 4.40. The highest BCUT2D eigenvalue weighted by Crippen LogP contribution is 2.29. The Hall–Kier alpha value is -2.86. The van der Waals surface area contributed by atoms with Crippen LogP contribution in [-0.2, 0) is 13.1 Å². The maximum Gasteiger partial charge on any atom is 0.161 e. The Balaban J connectivity index is 1.66. The summed E-state index contributed by atoms with van der Waals surface area (Å²) < 4.78 is 13.0. The minimum atomic E-state index is 0.110. The Bertz CT molecular complexity index is 832. The molecule has 0 unspecified atom stereocenters. The second-order valence-electron chi connectivity index (χ2n) is 6.19. The SMILES string of the molecule is COc1cc(CNCc2cccnc2-n2cccn2)ccc1OC(C)C.